The standard InChI is InChI=1S/C16H24BrN3O/c1-3-7-18-15-14(9-12(17)10-19-15)16(21)20-13-6-4-5-11(2)8-13/h9-11,13H,3-8H2,1-2H3,(H,18,19)(H,20,21). The Bertz CT molecular complexity index is 492. The number of halogens is 1. The Morgan fingerprint density at radius 3 is 3.00 bits per heavy atom. The number of anilines is 1. The number of nitrogens with zero attached hydrogens (tertiary/aromatic N) is 1. The first kappa shape index (κ1) is 16.3. The van der Waals surface area contributed by atoms with Gasteiger partial charge in [-0.1, -0.05) is 26.7 Å². The van der Waals surface area contributed by atoms with Crippen molar-refractivity contribution in [1.29, 1.82) is 0 Å². The smallest absolute Gasteiger partial charge is 0.255 e. The van der Waals surface area contributed by atoms with E-state index in [1.165, 1.54) is 12.8 Å². The molecular formula is C16H24BrN3O. The number of carbonyl (C=O) groups excluding carboxylic acids is 1. The maximum absolute atomic E-state index is 12.5. The van der Waals surface area contributed by atoms with Gasteiger partial charge in [-0.2, -0.15) is 0 Å². The summed E-state index contributed by atoms with van der Waals surface area (Å²) in [5, 5.41) is 6.39. The van der Waals surface area contributed by atoms with Crippen molar-refractivity contribution >= 4 is 27.7 Å². The lowest BCUT2D eigenvalue weighted by molar-refractivity contribution is 0.0922. The van der Waals surface area contributed by atoms with E-state index in [9.17, 15) is 4.79 Å². The second-order valence-corrected chi connectivity index (χ2v) is 6.83. The molecule has 0 spiro atoms. The molecule has 1 fully saturated rings. The van der Waals surface area contributed by atoms with Gasteiger partial charge in [0.05, 0.1) is 5.56 Å². The fourth-order valence-electron chi connectivity index (χ4n) is 2.82. The van der Waals surface area contributed by atoms with Crippen molar-refractivity contribution < 1.29 is 4.79 Å². The molecule has 0 radical (unpaired) electrons. The summed E-state index contributed by atoms with van der Waals surface area (Å²) >= 11 is 3.40. The number of carbonyl (C=O) groups is 1. The molecule has 116 valence electrons. The number of amides is 1. The van der Waals surface area contributed by atoms with Gasteiger partial charge in [0.15, 0.2) is 0 Å². The van der Waals surface area contributed by atoms with Gasteiger partial charge in [-0.05, 0) is 47.2 Å². The molecule has 2 rings (SSSR count). The van der Waals surface area contributed by atoms with E-state index < -0.39 is 0 Å². The van der Waals surface area contributed by atoms with Crippen LogP contribution in [0.4, 0.5) is 5.82 Å². The van der Waals surface area contributed by atoms with Crippen LogP contribution in [0.1, 0.15) is 56.3 Å². The molecule has 2 unspecified atom stereocenters. The number of hydrogen-bond donors (Lipinski definition) is 2. The lowest BCUT2D eigenvalue weighted by atomic mass is 9.87. The third-order valence-corrected chi connectivity index (χ3v) is 4.35. The molecule has 1 aliphatic rings. The van der Waals surface area contributed by atoms with E-state index in [4.69, 9.17) is 0 Å². The van der Waals surface area contributed by atoms with Crippen molar-refractivity contribution in [2.24, 2.45) is 5.92 Å². The Hall–Kier alpha value is -1.10. The first-order valence-electron chi connectivity index (χ1n) is 7.80. The number of pyridine rings is 1. The van der Waals surface area contributed by atoms with E-state index in [0.717, 1.165) is 30.3 Å². The molecule has 1 heterocycles. The molecule has 0 aromatic carbocycles. The van der Waals surface area contributed by atoms with E-state index in [1.54, 1.807) is 6.20 Å². The highest BCUT2D eigenvalue weighted by atomic mass is 79.9. The van der Waals surface area contributed by atoms with Crippen LogP contribution in [0.3, 0.4) is 0 Å². The lowest BCUT2D eigenvalue weighted by Gasteiger charge is -2.27. The monoisotopic (exact) mass is 353 g/mol. The fourth-order valence-corrected chi connectivity index (χ4v) is 3.16. The molecule has 2 N–H and O–H groups in total. The number of aromatic nitrogens is 1. The minimum Gasteiger partial charge on any atom is -0.369 e. The highest BCUT2D eigenvalue weighted by molar-refractivity contribution is 9.10. The van der Waals surface area contributed by atoms with Gasteiger partial charge in [0.2, 0.25) is 0 Å². The van der Waals surface area contributed by atoms with Crippen LogP contribution < -0.4 is 10.6 Å². The van der Waals surface area contributed by atoms with Crippen LogP contribution in [0.5, 0.6) is 0 Å². The van der Waals surface area contributed by atoms with Crippen LogP contribution in [-0.2, 0) is 0 Å². The number of hydrogen-bond acceptors (Lipinski definition) is 3. The first-order chi connectivity index (χ1) is 10.1. The molecular weight excluding hydrogens is 330 g/mol. The summed E-state index contributed by atoms with van der Waals surface area (Å²) in [5.74, 6) is 1.34. The normalized spacial score (nSPS) is 21.9. The average Bonchev–Trinajstić information content (AvgIpc) is 2.46. The Kier molecular flexibility index (Phi) is 6.03. The highest BCUT2D eigenvalue weighted by Gasteiger charge is 2.22. The molecule has 5 heteroatoms. The SMILES string of the molecule is CCCNc1ncc(Br)cc1C(=O)NC1CCCC(C)C1. The Morgan fingerprint density at radius 2 is 2.29 bits per heavy atom. The molecule has 2 atom stereocenters. The second kappa shape index (κ2) is 7.78. The largest absolute Gasteiger partial charge is 0.369 e. The van der Waals surface area contributed by atoms with Gasteiger partial charge < -0.3 is 10.6 Å². The van der Waals surface area contributed by atoms with Crippen molar-refractivity contribution in [3.8, 4) is 0 Å². The van der Waals surface area contributed by atoms with Crippen LogP contribution in [0.25, 0.3) is 0 Å². The maximum Gasteiger partial charge on any atom is 0.255 e. The quantitative estimate of drug-likeness (QED) is 0.841. The second-order valence-electron chi connectivity index (χ2n) is 5.92. The van der Waals surface area contributed by atoms with Crippen LogP contribution in [0.2, 0.25) is 0 Å². The predicted molar refractivity (Wildman–Crippen MR) is 89.6 cm³/mol. The van der Waals surface area contributed by atoms with Gasteiger partial charge in [0.25, 0.3) is 5.91 Å². The molecule has 1 aromatic rings. The third kappa shape index (κ3) is 4.70. The maximum atomic E-state index is 12.5. The third-order valence-electron chi connectivity index (χ3n) is 3.91. The fraction of sp³-hybridized carbons (Fsp3) is 0.625. The summed E-state index contributed by atoms with van der Waals surface area (Å²) in [4.78, 5) is 16.9. The molecule has 1 saturated carbocycles. The number of nitrogens with one attached hydrogen (secondary N) is 2. The Labute approximate surface area is 135 Å². The van der Waals surface area contributed by atoms with E-state index in [0.29, 0.717) is 23.3 Å². The number of rotatable bonds is 5. The summed E-state index contributed by atoms with van der Waals surface area (Å²) in [6.07, 6.45) is 7.34. The minimum absolute atomic E-state index is 0.0264. The molecule has 0 saturated heterocycles. The average molecular weight is 354 g/mol. The Balaban J connectivity index is 2.08. The van der Waals surface area contributed by atoms with E-state index in [-0.39, 0.29) is 5.91 Å². The topological polar surface area (TPSA) is 54.0 Å². The van der Waals surface area contributed by atoms with Gasteiger partial charge in [-0.25, -0.2) is 4.98 Å². The summed E-state index contributed by atoms with van der Waals surface area (Å²) in [7, 11) is 0. The molecule has 4 nitrogen and oxygen atoms in total. The molecule has 1 amide bonds. The van der Waals surface area contributed by atoms with Crippen LogP contribution in [0.15, 0.2) is 16.7 Å². The minimum atomic E-state index is -0.0264. The summed E-state index contributed by atoms with van der Waals surface area (Å²) in [6.45, 7) is 5.16. The first-order valence-corrected chi connectivity index (χ1v) is 8.59. The van der Waals surface area contributed by atoms with Crippen molar-refractivity contribution in [2.75, 3.05) is 11.9 Å². The van der Waals surface area contributed by atoms with E-state index >= 15 is 0 Å². The van der Waals surface area contributed by atoms with Crippen LogP contribution in [0, 0.1) is 5.92 Å². The zero-order valence-corrected chi connectivity index (χ0v) is 14.4. The van der Waals surface area contributed by atoms with Crippen molar-refractivity contribution in [3.63, 3.8) is 0 Å². The zero-order chi connectivity index (χ0) is 15.2. The van der Waals surface area contributed by atoms with Crippen molar-refractivity contribution in [3.05, 3.63) is 22.3 Å². The summed E-state index contributed by atoms with van der Waals surface area (Å²) in [5.41, 5.74) is 0.621. The van der Waals surface area contributed by atoms with Crippen LogP contribution in [-0.4, -0.2) is 23.5 Å². The van der Waals surface area contributed by atoms with Gasteiger partial charge in [-0.15, -0.1) is 0 Å². The molecule has 21 heavy (non-hydrogen) atoms. The summed E-state index contributed by atoms with van der Waals surface area (Å²) < 4.78 is 0.826. The predicted octanol–water partition coefficient (Wildman–Crippen LogP) is 3.97. The van der Waals surface area contributed by atoms with Gasteiger partial charge in [0.1, 0.15) is 5.82 Å². The zero-order valence-electron chi connectivity index (χ0n) is 12.8. The van der Waals surface area contributed by atoms with Gasteiger partial charge in [-0.3, -0.25) is 4.79 Å². The Morgan fingerprint density at radius 1 is 1.48 bits per heavy atom. The summed E-state index contributed by atoms with van der Waals surface area (Å²) in [6, 6.07) is 2.13. The van der Waals surface area contributed by atoms with Crippen molar-refractivity contribution in [1.82, 2.24) is 10.3 Å². The molecule has 1 aliphatic carbocycles. The van der Waals surface area contributed by atoms with Gasteiger partial charge in [0, 0.05) is 23.3 Å². The molecule has 1 aromatic heterocycles. The van der Waals surface area contributed by atoms with E-state index in [1.807, 2.05) is 6.07 Å². The molecule has 0 aliphatic heterocycles. The molecule has 0 bridgehead atoms. The van der Waals surface area contributed by atoms with Crippen LogP contribution >= 0.6 is 15.9 Å². The highest BCUT2D eigenvalue weighted by Crippen LogP contribution is 2.24. The van der Waals surface area contributed by atoms with Crippen molar-refractivity contribution in [2.45, 2.75) is 52.0 Å². The lowest BCUT2D eigenvalue weighted by Crippen LogP contribution is -2.38. The van der Waals surface area contributed by atoms with Gasteiger partial charge >= 0.3 is 0 Å². The van der Waals surface area contributed by atoms with E-state index in [2.05, 4.69) is 45.4 Å².